The predicted octanol–water partition coefficient (Wildman–Crippen LogP) is 6.13. The molecule has 0 aliphatic carbocycles. The van der Waals surface area contributed by atoms with E-state index in [1.54, 1.807) is 12.1 Å². The smallest absolute Gasteiger partial charge is 0.123 e. The molecule has 0 spiro atoms. The van der Waals surface area contributed by atoms with Crippen molar-refractivity contribution < 1.29 is 8.78 Å². The first-order valence-corrected chi connectivity index (χ1v) is 10.9. The highest BCUT2D eigenvalue weighted by molar-refractivity contribution is 5.83. The van der Waals surface area contributed by atoms with Crippen LogP contribution in [0.5, 0.6) is 0 Å². The Morgan fingerprint density at radius 2 is 1.67 bits per heavy atom. The Hall–Kier alpha value is -2.66. The van der Waals surface area contributed by atoms with E-state index in [9.17, 15) is 8.78 Å². The number of nitrogens with one attached hydrogen (secondary N) is 2. The number of aryl methyl sites for hydroxylation is 1. The fourth-order valence-corrected chi connectivity index (χ4v) is 4.82. The van der Waals surface area contributed by atoms with Gasteiger partial charge in [0.25, 0.3) is 0 Å². The lowest BCUT2D eigenvalue weighted by atomic mass is 9.93. The molecule has 0 amide bonds. The van der Waals surface area contributed by atoms with E-state index in [0.717, 1.165) is 73.5 Å². The molecule has 2 aromatic heterocycles. The average molecular weight is 408 g/mol. The van der Waals surface area contributed by atoms with Gasteiger partial charge in [0, 0.05) is 39.6 Å². The Kier molecular flexibility index (Phi) is 5.30. The van der Waals surface area contributed by atoms with E-state index in [0.29, 0.717) is 5.92 Å². The van der Waals surface area contributed by atoms with Gasteiger partial charge in [0.05, 0.1) is 0 Å². The van der Waals surface area contributed by atoms with Crippen LogP contribution in [0.1, 0.15) is 42.9 Å². The Morgan fingerprint density at radius 1 is 0.900 bits per heavy atom. The van der Waals surface area contributed by atoms with Crippen molar-refractivity contribution in [1.82, 2.24) is 14.9 Å². The molecule has 4 aromatic rings. The third kappa shape index (κ3) is 3.99. The van der Waals surface area contributed by atoms with E-state index >= 15 is 0 Å². The Bertz CT molecular complexity index is 1150. The first-order valence-electron chi connectivity index (χ1n) is 10.9. The quantitative estimate of drug-likeness (QED) is 0.371. The molecule has 0 unspecified atom stereocenters. The Morgan fingerprint density at radius 3 is 2.50 bits per heavy atom. The molecule has 0 radical (unpaired) electrons. The van der Waals surface area contributed by atoms with Gasteiger partial charge in [0.1, 0.15) is 11.6 Å². The molecule has 2 N–H and O–H groups in total. The minimum Gasteiger partial charge on any atom is -0.361 e. The molecular weight excluding hydrogens is 380 g/mol. The second kappa shape index (κ2) is 8.23. The summed E-state index contributed by atoms with van der Waals surface area (Å²) in [5.74, 6) is 0.171. The third-order valence-electron chi connectivity index (χ3n) is 6.53. The van der Waals surface area contributed by atoms with Crippen molar-refractivity contribution in [2.24, 2.45) is 0 Å². The topological polar surface area (TPSA) is 34.8 Å². The van der Waals surface area contributed by atoms with Crippen LogP contribution >= 0.6 is 0 Å². The van der Waals surface area contributed by atoms with E-state index in [1.807, 2.05) is 18.3 Å². The van der Waals surface area contributed by atoms with Crippen LogP contribution in [0, 0.1) is 11.6 Å². The lowest BCUT2D eigenvalue weighted by Crippen LogP contribution is -2.33. The molecule has 0 atom stereocenters. The summed E-state index contributed by atoms with van der Waals surface area (Å²) in [4.78, 5) is 9.27. The van der Waals surface area contributed by atoms with Crippen LogP contribution < -0.4 is 0 Å². The van der Waals surface area contributed by atoms with Crippen molar-refractivity contribution in [3.05, 3.63) is 71.6 Å². The SMILES string of the molecule is Fc1ccc2[nH]c(C3CCN(CCCCc4c[nH]c5ccc(F)cc45)CC3)cc2c1. The number of benzene rings is 2. The van der Waals surface area contributed by atoms with Crippen LogP contribution in [0.3, 0.4) is 0 Å². The summed E-state index contributed by atoms with van der Waals surface area (Å²) in [6.45, 7) is 3.32. The van der Waals surface area contributed by atoms with Crippen molar-refractivity contribution in [1.29, 1.82) is 0 Å². The summed E-state index contributed by atoms with van der Waals surface area (Å²) in [5.41, 5.74) is 4.47. The Balaban J connectivity index is 1.10. The summed E-state index contributed by atoms with van der Waals surface area (Å²) in [6, 6.07) is 12.0. The Labute approximate surface area is 175 Å². The number of H-pyrrole nitrogens is 2. The largest absolute Gasteiger partial charge is 0.361 e. The zero-order valence-corrected chi connectivity index (χ0v) is 17.1. The lowest BCUT2D eigenvalue weighted by molar-refractivity contribution is 0.208. The molecule has 2 aromatic carbocycles. The molecule has 3 heterocycles. The monoisotopic (exact) mass is 407 g/mol. The van der Waals surface area contributed by atoms with Crippen molar-refractivity contribution in [3.63, 3.8) is 0 Å². The van der Waals surface area contributed by atoms with E-state index in [2.05, 4.69) is 20.9 Å². The fraction of sp³-hybridized carbons (Fsp3) is 0.360. The highest BCUT2D eigenvalue weighted by atomic mass is 19.1. The van der Waals surface area contributed by atoms with Gasteiger partial charge in [0.2, 0.25) is 0 Å². The maximum Gasteiger partial charge on any atom is 0.123 e. The number of likely N-dealkylation sites (tertiary alicyclic amines) is 1. The molecule has 0 saturated carbocycles. The van der Waals surface area contributed by atoms with Gasteiger partial charge in [-0.05, 0) is 99.8 Å². The molecule has 1 fully saturated rings. The van der Waals surface area contributed by atoms with Crippen LogP contribution in [-0.4, -0.2) is 34.5 Å². The molecule has 1 aliphatic heterocycles. The molecule has 1 saturated heterocycles. The maximum absolute atomic E-state index is 13.5. The first-order chi connectivity index (χ1) is 14.7. The van der Waals surface area contributed by atoms with Gasteiger partial charge >= 0.3 is 0 Å². The van der Waals surface area contributed by atoms with Gasteiger partial charge in [-0.2, -0.15) is 0 Å². The van der Waals surface area contributed by atoms with Gasteiger partial charge in [-0.1, -0.05) is 0 Å². The fourth-order valence-electron chi connectivity index (χ4n) is 4.82. The van der Waals surface area contributed by atoms with Crippen molar-refractivity contribution >= 4 is 21.8 Å². The average Bonchev–Trinajstić information content (AvgIpc) is 3.35. The summed E-state index contributed by atoms with van der Waals surface area (Å²) in [5, 5.41) is 1.97. The number of rotatable bonds is 6. The number of hydrogen-bond acceptors (Lipinski definition) is 1. The molecule has 156 valence electrons. The van der Waals surface area contributed by atoms with Gasteiger partial charge in [0.15, 0.2) is 0 Å². The number of piperidine rings is 1. The summed E-state index contributed by atoms with van der Waals surface area (Å²) < 4.78 is 27.0. The van der Waals surface area contributed by atoms with E-state index in [-0.39, 0.29) is 11.6 Å². The zero-order chi connectivity index (χ0) is 20.5. The highest BCUT2D eigenvalue weighted by Gasteiger charge is 2.21. The normalized spacial score (nSPS) is 16.1. The number of nitrogens with zero attached hydrogens (tertiary/aromatic N) is 1. The molecule has 0 bridgehead atoms. The van der Waals surface area contributed by atoms with E-state index < -0.39 is 0 Å². The van der Waals surface area contributed by atoms with Crippen LogP contribution in [0.4, 0.5) is 8.78 Å². The zero-order valence-electron chi connectivity index (χ0n) is 17.1. The van der Waals surface area contributed by atoms with Gasteiger partial charge in [-0.25, -0.2) is 8.78 Å². The minimum absolute atomic E-state index is 0.175. The predicted molar refractivity (Wildman–Crippen MR) is 118 cm³/mol. The van der Waals surface area contributed by atoms with Crippen molar-refractivity contribution in [2.45, 2.75) is 38.0 Å². The second-order valence-electron chi connectivity index (χ2n) is 8.53. The number of fused-ring (bicyclic) bond motifs is 2. The third-order valence-corrected chi connectivity index (χ3v) is 6.53. The summed E-state index contributed by atoms with van der Waals surface area (Å²) in [6.07, 6.45) is 7.52. The number of unbranched alkanes of at least 4 members (excludes halogenated alkanes) is 1. The molecule has 1 aliphatic rings. The lowest BCUT2D eigenvalue weighted by Gasteiger charge is -2.31. The van der Waals surface area contributed by atoms with Crippen LogP contribution in [-0.2, 0) is 6.42 Å². The molecule has 3 nitrogen and oxygen atoms in total. The maximum atomic E-state index is 13.5. The van der Waals surface area contributed by atoms with E-state index in [1.165, 1.54) is 23.4 Å². The van der Waals surface area contributed by atoms with Gasteiger partial charge < -0.3 is 14.9 Å². The number of aromatic nitrogens is 2. The minimum atomic E-state index is -0.180. The number of hydrogen-bond donors (Lipinski definition) is 2. The van der Waals surface area contributed by atoms with Crippen LogP contribution in [0.2, 0.25) is 0 Å². The van der Waals surface area contributed by atoms with Crippen molar-refractivity contribution in [2.75, 3.05) is 19.6 Å². The van der Waals surface area contributed by atoms with Gasteiger partial charge in [-0.15, -0.1) is 0 Å². The number of aromatic amines is 2. The van der Waals surface area contributed by atoms with Crippen molar-refractivity contribution in [3.8, 4) is 0 Å². The second-order valence-corrected chi connectivity index (χ2v) is 8.53. The summed E-state index contributed by atoms with van der Waals surface area (Å²) >= 11 is 0. The number of halogens is 2. The molecule has 5 heteroatoms. The first kappa shape index (κ1) is 19.3. The molecule has 30 heavy (non-hydrogen) atoms. The molecule has 5 rings (SSSR count). The standard InChI is InChI=1S/C25H27F2N3/c26-20-4-6-23-19(13-20)14-25(29-23)17-8-11-30(12-9-17)10-2-1-3-18-16-28-24-7-5-21(27)15-22(18)24/h4-7,13-17,28-29H,1-3,8-12H2. The van der Waals surface area contributed by atoms with Crippen LogP contribution in [0.25, 0.3) is 21.8 Å². The highest BCUT2D eigenvalue weighted by Crippen LogP contribution is 2.30. The molecular formula is C25H27F2N3. The van der Waals surface area contributed by atoms with Crippen LogP contribution in [0.15, 0.2) is 48.7 Å². The van der Waals surface area contributed by atoms with E-state index in [4.69, 9.17) is 0 Å². The summed E-state index contributed by atoms with van der Waals surface area (Å²) in [7, 11) is 0. The van der Waals surface area contributed by atoms with Gasteiger partial charge in [-0.3, -0.25) is 0 Å².